The molecule has 0 aliphatic heterocycles. The van der Waals surface area contributed by atoms with Crippen molar-refractivity contribution in [3.05, 3.63) is 88.4 Å². The summed E-state index contributed by atoms with van der Waals surface area (Å²) in [7, 11) is 0. The predicted octanol–water partition coefficient (Wildman–Crippen LogP) is 5.51. The summed E-state index contributed by atoms with van der Waals surface area (Å²) in [5.74, 6) is 0. The van der Waals surface area contributed by atoms with Crippen LogP contribution in [0.2, 0.25) is 0 Å². The zero-order chi connectivity index (χ0) is 24.9. The molecule has 0 aliphatic carbocycles. The Morgan fingerprint density at radius 2 is 1.40 bits per heavy atom. The van der Waals surface area contributed by atoms with Crippen molar-refractivity contribution in [2.75, 3.05) is 0 Å². The number of nitrogens with one attached hydrogen (secondary N) is 2. The third-order valence-electron chi connectivity index (χ3n) is 5.33. The Balaban J connectivity index is 1.64. The van der Waals surface area contributed by atoms with Crippen LogP contribution in [-0.2, 0) is 28.9 Å². The lowest BCUT2D eigenvalue weighted by Gasteiger charge is -2.24. The molecule has 1 aromatic heterocycles. The fourth-order valence-corrected chi connectivity index (χ4v) is 4.23. The summed E-state index contributed by atoms with van der Waals surface area (Å²) < 4.78 is 10.7. The maximum absolute atomic E-state index is 12.5. The van der Waals surface area contributed by atoms with Gasteiger partial charge < -0.3 is 20.1 Å². The summed E-state index contributed by atoms with van der Waals surface area (Å²) >= 11 is 1.44. The highest BCUT2D eigenvalue weighted by molar-refractivity contribution is 7.09. The average Bonchev–Trinajstić information content (AvgIpc) is 3.36. The number of carbonyl (C=O) groups is 2. The number of aromatic nitrogens is 1. The molecule has 0 bridgehead atoms. The van der Waals surface area contributed by atoms with Crippen LogP contribution in [0.5, 0.6) is 0 Å². The number of ether oxygens (including phenoxy) is 2. The molecule has 2 N–H and O–H groups in total. The molecular formula is C27H33N3O4S. The van der Waals surface area contributed by atoms with Crippen molar-refractivity contribution >= 4 is 23.5 Å². The first kappa shape index (κ1) is 26.2. The zero-order valence-corrected chi connectivity index (χ0v) is 21.0. The fraction of sp³-hybridized carbons (Fsp3) is 0.370. The Kier molecular flexibility index (Phi) is 10.6. The number of alkyl carbamates (subject to hydrolysis) is 2. The van der Waals surface area contributed by atoms with Gasteiger partial charge in [-0.2, -0.15) is 0 Å². The lowest BCUT2D eigenvalue weighted by atomic mass is 9.96. The van der Waals surface area contributed by atoms with E-state index in [-0.39, 0.29) is 24.8 Å². The van der Waals surface area contributed by atoms with Gasteiger partial charge in [0.25, 0.3) is 0 Å². The van der Waals surface area contributed by atoms with Gasteiger partial charge in [0.2, 0.25) is 0 Å². The van der Waals surface area contributed by atoms with Crippen molar-refractivity contribution in [3.8, 4) is 0 Å². The van der Waals surface area contributed by atoms with E-state index >= 15 is 0 Å². The molecular weight excluding hydrogens is 462 g/mol. The van der Waals surface area contributed by atoms with Crippen LogP contribution in [0.25, 0.3) is 0 Å². The quantitative estimate of drug-likeness (QED) is 0.346. The molecule has 0 aliphatic rings. The van der Waals surface area contributed by atoms with Crippen LogP contribution < -0.4 is 10.6 Å². The minimum atomic E-state index is -0.467. The minimum absolute atomic E-state index is 0.142. The number of hydrogen-bond acceptors (Lipinski definition) is 6. The summed E-state index contributed by atoms with van der Waals surface area (Å²) in [4.78, 5) is 29.8. The third-order valence-corrected chi connectivity index (χ3v) is 6.08. The van der Waals surface area contributed by atoms with Crippen LogP contribution in [0.1, 0.15) is 42.7 Å². The normalized spacial score (nSPS) is 12.5. The molecule has 2 amide bonds. The van der Waals surface area contributed by atoms with E-state index in [1.54, 1.807) is 11.7 Å². The standard InChI is InChI=1S/C27H33N3O4S/c1-20(2)34-27(32)30-24(16-22-11-7-4-8-12-22)14-13-23(15-21-9-5-3-6-10-21)29-26(31)33-18-25-17-28-19-35-25/h3-12,17,19-20,23-24H,13-16,18H2,1-2H3,(H,29,31)(H,30,32). The number of carbonyl (C=O) groups excluding carboxylic acids is 2. The highest BCUT2D eigenvalue weighted by Gasteiger charge is 2.20. The van der Waals surface area contributed by atoms with Crippen LogP contribution in [-0.4, -0.2) is 35.4 Å². The van der Waals surface area contributed by atoms with Crippen molar-refractivity contribution < 1.29 is 19.1 Å². The van der Waals surface area contributed by atoms with Crippen molar-refractivity contribution in [2.45, 2.75) is 64.3 Å². The van der Waals surface area contributed by atoms with Crippen LogP contribution in [0.15, 0.2) is 72.4 Å². The molecule has 0 saturated carbocycles. The lowest BCUT2D eigenvalue weighted by Crippen LogP contribution is -2.41. The first-order chi connectivity index (χ1) is 17.0. The highest BCUT2D eigenvalue weighted by atomic mass is 32.1. The van der Waals surface area contributed by atoms with Gasteiger partial charge in [0.15, 0.2) is 0 Å². The molecule has 2 atom stereocenters. The summed E-state index contributed by atoms with van der Waals surface area (Å²) in [5, 5.41) is 6.01. The monoisotopic (exact) mass is 495 g/mol. The predicted molar refractivity (Wildman–Crippen MR) is 137 cm³/mol. The molecule has 8 heteroatoms. The van der Waals surface area contributed by atoms with E-state index in [4.69, 9.17) is 9.47 Å². The number of rotatable bonds is 12. The second-order valence-corrected chi connectivity index (χ2v) is 9.61. The molecule has 35 heavy (non-hydrogen) atoms. The van der Waals surface area contributed by atoms with E-state index in [9.17, 15) is 9.59 Å². The van der Waals surface area contributed by atoms with Gasteiger partial charge in [-0.25, -0.2) is 9.59 Å². The summed E-state index contributed by atoms with van der Waals surface area (Å²) in [5.41, 5.74) is 3.95. The van der Waals surface area contributed by atoms with E-state index in [0.29, 0.717) is 25.7 Å². The largest absolute Gasteiger partial charge is 0.447 e. The molecule has 0 saturated heterocycles. The molecule has 1 heterocycles. The Bertz CT molecular complexity index is 1010. The Morgan fingerprint density at radius 3 is 1.89 bits per heavy atom. The lowest BCUT2D eigenvalue weighted by molar-refractivity contribution is 0.111. The minimum Gasteiger partial charge on any atom is -0.447 e. The van der Waals surface area contributed by atoms with Crippen molar-refractivity contribution in [2.24, 2.45) is 0 Å². The Labute approximate surface area is 210 Å². The van der Waals surface area contributed by atoms with Gasteiger partial charge in [-0.1, -0.05) is 60.7 Å². The molecule has 2 aromatic carbocycles. The smallest absolute Gasteiger partial charge is 0.407 e. The molecule has 0 radical (unpaired) electrons. The maximum Gasteiger partial charge on any atom is 0.407 e. The summed E-state index contributed by atoms with van der Waals surface area (Å²) in [6.07, 6.45) is 3.23. The highest BCUT2D eigenvalue weighted by Crippen LogP contribution is 2.14. The Morgan fingerprint density at radius 1 is 0.857 bits per heavy atom. The van der Waals surface area contributed by atoms with E-state index in [0.717, 1.165) is 16.0 Å². The summed E-state index contributed by atoms with van der Waals surface area (Å²) in [6, 6.07) is 19.7. The number of benzene rings is 2. The number of thiazole rings is 1. The van der Waals surface area contributed by atoms with Crippen LogP contribution in [0.4, 0.5) is 9.59 Å². The molecule has 7 nitrogen and oxygen atoms in total. The van der Waals surface area contributed by atoms with E-state index in [1.165, 1.54) is 11.3 Å². The third kappa shape index (κ3) is 10.2. The van der Waals surface area contributed by atoms with E-state index in [1.807, 2.05) is 74.5 Å². The van der Waals surface area contributed by atoms with Gasteiger partial charge in [-0.05, 0) is 50.7 Å². The number of amides is 2. The Hall–Kier alpha value is -3.39. The van der Waals surface area contributed by atoms with Gasteiger partial charge in [0, 0.05) is 18.3 Å². The van der Waals surface area contributed by atoms with Crippen molar-refractivity contribution in [1.29, 1.82) is 0 Å². The van der Waals surface area contributed by atoms with Gasteiger partial charge in [-0.15, -0.1) is 11.3 Å². The van der Waals surface area contributed by atoms with E-state index < -0.39 is 12.2 Å². The second kappa shape index (κ2) is 14.1. The van der Waals surface area contributed by atoms with Gasteiger partial charge >= 0.3 is 12.2 Å². The maximum atomic E-state index is 12.5. The SMILES string of the molecule is CC(C)OC(=O)NC(CCC(Cc1ccccc1)NC(=O)OCc1cncs1)Cc1ccccc1. The zero-order valence-electron chi connectivity index (χ0n) is 20.2. The molecule has 186 valence electrons. The first-order valence-corrected chi connectivity index (χ1v) is 12.7. The topological polar surface area (TPSA) is 89.6 Å². The average molecular weight is 496 g/mol. The molecule has 0 spiro atoms. The second-order valence-electron chi connectivity index (χ2n) is 8.64. The molecule has 2 unspecified atom stereocenters. The van der Waals surface area contributed by atoms with Gasteiger partial charge in [-0.3, -0.25) is 4.98 Å². The van der Waals surface area contributed by atoms with Crippen molar-refractivity contribution in [1.82, 2.24) is 15.6 Å². The first-order valence-electron chi connectivity index (χ1n) is 11.8. The molecule has 0 fully saturated rings. The molecule has 3 aromatic rings. The van der Waals surface area contributed by atoms with Crippen LogP contribution in [0, 0.1) is 0 Å². The van der Waals surface area contributed by atoms with E-state index in [2.05, 4.69) is 15.6 Å². The van der Waals surface area contributed by atoms with Crippen LogP contribution >= 0.6 is 11.3 Å². The molecule has 3 rings (SSSR count). The van der Waals surface area contributed by atoms with Gasteiger partial charge in [0.1, 0.15) is 6.61 Å². The number of hydrogen-bond donors (Lipinski definition) is 2. The van der Waals surface area contributed by atoms with Gasteiger partial charge in [0.05, 0.1) is 16.5 Å². The van der Waals surface area contributed by atoms with Crippen LogP contribution in [0.3, 0.4) is 0 Å². The number of nitrogens with zero attached hydrogens (tertiary/aromatic N) is 1. The summed E-state index contributed by atoms with van der Waals surface area (Å²) in [6.45, 7) is 3.83. The van der Waals surface area contributed by atoms with Crippen molar-refractivity contribution in [3.63, 3.8) is 0 Å². The fourth-order valence-electron chi connectivity index (χ4n) is 3.72.